The van der Waals surface area contributed by atoms with Gasteiger partial charge >= 0.3 is 0 Å². The summed E-state index contributed by atoms with van der Waals surface area (Å²) >= 11 is 0. The lowest BCUT2D eigenvalue weighted by molar-refractivity contribution is -0.118. The highest BCUT2D eigenvalue weighted by atomic mass is 16.3. The summed E-state index contributed by atoms with van der Waals surface area (Å²) in [6, 6.07) is 6.85. The van der Waals surface area contributed by atoms with Gasteiger partial charge in [0.25, 0.3) is 5.91 Å². The maximum Gasteiger partial charge on any atom is 0.253 e. The molecule has 2 unspecified atom stereocenters. The monoisotopic (exact) mass is 304 g/mol. The van der Waals surface area contributed by atoms with Crippen molar-refractivity contribution in [2.45, 2.75) is 51.2 Å². The molecule has 0 radical (unpaired) electrons. The van der Waals surface area contributed by atoms with Crippen LogP contribution in [0.2, 0.25) is 0 Å². The van der Waals surface area contributed by atoms with Gasteiger partial charge < -0.3 is 15.3 Å². The Kier molecular flexibility index (Phi) is 5.55. The van der Waals surface area contributed by atoms with E-state index in [9.17, 15) is 14.7 Å². The average molecular weight is 304 g/mol. The van der Waals surface area contributed by atoms with Gasteiger partial charge in [0.1, 0.15) is 0 Å². The topological polar surface area (TPSA) is 69.6 Å². The molecule has 0 bridgehead atoms. The molecule has 5 heteroatoms. The number of aliphatic hydroxyl groups excluding tert-OH is 1. The second kappa shape index (κ2) is 7.40. The molecule has 2 rings (SSSR count). The summed E-state index contributed by atoms with van der Waals surface area (Å²) in [7, 11) is 1.67. The number of para-hydroxylation sites is 1. The summed E-state index contributed by atoms with van der Waals surface area (Å²) in [4.78, 5) is 25.9. The Morgan fingerprint density at radius 2 is 1.95 bits per heavy atom. The van der Waals surface area contributed by atoms with Crippen molar-refractivity contribution in [3.63, 3.8) is 0 Å². The molecule has 1 aliphatic carbocycles. The first-order valence-electron chi connectivity index (χ1n) is 7.89. The van der Waals surface area contributed by atoms with E-state index >= 15 is 0 Å². The van der Waals surface area contributed by atoms with Crippen LogP contribution in [-0.4, -0.2) is 36.1 Å². The molecule has 1 saturated carbocycles. The van der Waals surface area contributed by atoms with Gasteiger partial charge in [-0.1, -0.05) is 31.9 Å². The zero-order valence-corrected chi connectivity index (χ0v) is 13.2. The average Bonchev–Trinajstić information content (AvgIpc) is 2.55. The molecule has 0 heterocycles. The van der Waals surface area contributed by atoms with Crippen LogP contribution in [0.25, 0.3) is 0 Å². The Morgan fingerprint density at radius 3 is 2.64 bits per heavy atom. The number of carbonyl (C=O) groups excluding carboxylic acids is 2. The fraction of sp³-hybridized carbons (Fsp3) is 0.529. The smallest absolute Gasteiger partial charge is 0.253 e. The van der Waals surface area contributed by atoms with E-state index in [-0.39, 0.29) is 17.9 Å². The summed E-state index contributed by atoms with van der Waals surface area (Å²) in [5, 5.41) is 12.9. The lowest BCUT2D eigenvalue weighted by Crippen LogP contribution is -2.45. The van der Waals surface area contributed by atoms with Crippen molar-refractivity contribution in [1.82, 2.24) is 5.32 Å². The van der Waals surface area contributed by atoms with E-state index in [4.69, 9.17) is 0 Å². The third-order valence-electron chi connectivity index (χ3n) is 4.23. The minimum atomic E-state index is -0.486. The zero-order chi connectivity index (χ0) is 16.1. The van der Waals surface area contributed by atoms with E-state index in [0.29, 0.717) is 17.7 Å². The van der Waals surface area contributed by atoms with Crippen LogP contribution in [0, 0.1) is 0 Å². The number of hydrogen-bond acceptors (Lipinski definition) is 3. The molecular weight excluding hydrogens is 280 g/mol. The van der Waals surface area contributed by atoms with E-state index in [1.807, 2.05) is 0 Å². The molecule has 1 aromatic rings. The molecule has 2 N–H and O–H groups in total. The van der Waals surface area contributed by atoms with Crippen LogP contribution < -0.4 is 10.2 Å². The number of benzene rings is 1. The number of nitrogens with zero attached hydrogens (tertiary/aromatic N) is 1. The second-order valence-electron chi connectivity index (χ2n) is 5.76. The van der Waals surface area contributed by atoms with Crippen LogP contribution in [0.3, 0.4) is 0 Å². The van der Waals surface area contributed by atoms with Gasteiger partial charge in [-0.2, -0.15) is 0 Å². The van der Waals surface area contributed by atoms with Gasteiger partial charge in [-0.3, -0.25) is 9.59 Å². The van der Waals surface area contributed by atoms with Gasteiger partial charge in [0.05, 0.1) is 23.4 Å². The predicted molar refractivity (Wildman–Crippen MR) is 85.9 cm³/mol. The maximum atomic E-state index is 12.5. The number of amides is 2. The lowest BCUT2D eigenvalue weighted by atomic mass is 9.92. The van der Waals surface area contributed by atoms with Crippen LogP contribution in [0.4, 0.5) is 5.69 Å². The number of hydrogen-bond donors (Lipinski definition) is 2. The Bertz CT molecular complexity index is 544. The molecule has 0 spiro atoms. The van der Waals surface area contributed by atoms with Gasteiger partial charge in [-0.15, -0.1) is 0 Å². The molecule has 120 valence electrons. The molecule has 2 atom stereocenters. The third kappa shape index (κ3) is 3.65. The summed E-state index contributed by atoms with van der Waals surface area (Å²) in [6.07, 6.45) is 3.42. The SMILES string of the molecule is CCC(=O)N(C)c1ccccc1C(=O)NC1CCCCC1O. The quantitative estimate of drug-likeness (QED) is 0.895. The first-order chi connectivity index (χ1) is 10.5. The highest BCUT2D eigenvalue weighted by Gasteiger charge is 2.26. The highest BCUT2D eigenvalue weighted by molar-refractivity contribution is 6.04. The molecule has 1 aromatic carbocycles. The molecular formula is C17H24N2O3. The van der Waals surface area contributed by atoms with Crippen molar-refractivity contribution in [2.75, 3.05) is 11.9 Å². The van der Waals surface area contributed by atoms with Gasteiger partial charge in [0.15, 0.2) is 0 Å². The Labute approximate surface area is 131 Å². The number of aliphatic hydroxyl groups is 1. The second-order valence-corrected chi connectivity index (χ2v) is 5.76. The van der Waals surface area contributed by atoms with E-state index in [1.165, 1.54) is 4.90 Å². The first-order valence-corrected chi connectivity index (χ1v) is 7.89. The van der Waals surface area contributed by atoms with Crippen molar-refractivity contribution < 1.29 is 14.7 Å². The first kappa shape index (κ1) is 16.5. The molecule has 2 amide bonds. The van der Waals surface area contributed by atoms with Gasteiger partial charge in [-0.05, 0) is 25.0 Å². The molecule has 22 heavy (non-hydrogen) atoms. The van der Waals surface area contributed by atoms with Gasteiger partial charge in [0.2, 0.25) is 5.91 Å². The van der Waals surface area contributed by atoms with Crippen LogP contribution in [-0.2, 0) is 4.79 Å². The number of anilines is 1. The summed E-state index contributed by atoms with van der Waals surface area (Å²) in [5.41, 5.74) is 1.06. The van der Waals surface area contributed by atoms with Crippen LogP contribution in [0.5, 0.6) is 0 Å². The lowest BCUT2D eigenvalue weighted by Gasteiger charge is -2.29. The Morgan fingerprint density at radius 1 is 1.27 bits per heavy atom. The van der Waals surface area contributed by atoms with Crippen LogP contribution in [0.15, 0.2) is 24.3 Å². The van der Waals surface area contributed by atoms with Crippen LogP contribution in [0.1, 0.15) is 49.4 Å². The van der Waals surface area contributed by atoms with Crippen molar-refractivity contribution in [1.29, 1.82) is 0 Å². The normalized spacial score (nSPS) is 21.2. The number of carbonyl (C=O) groups is 2. The molecule has 1 aliphatic rings. The molecule has 0 aromatic heterocycles. The highest BCUT2D eigenvalue weighted by Crippen LogP contribution is 2.22. The zero-order valence-electron chi connectivity index (χ0n) is 13.2. The van der Waals surface area contributed by atoms with Crippen molar-refractivity contribution in [3.8, 4) is 0 Å². The van der Waals surface area contributed by atoms with Crippen molar-refractivity contribution in [3.05, 3.63) is 29.8 Å². The standard InChI is InChI=1S/C17H24N2O3/c1-3-16(21)19(2)14-10-6-4-8-12(14)17(22)18-13-9-5-7-11-15(13)20/h4,6,8,10,13,15,20H,3,5,7,9,11H2,1-2H3,(H,18,22). The number of rotatable bonds is 4. The van der Waals surface area contributed by atoms with E-state index < -0.39 is 6.10 Å². The molecule has 5 nitrogen and oxygen atoms in total. The van der Waals surface area contributed by atoms with E-state index in [2.05, 4.69) is 5.32 Å². The van der Waals surface area contributed by atoms with Gasteiger partial charge in [0, 0.05) is 13.5 Å². The fourth-order valence-corrected chi connectivity index (χ4v) is 2.86. The minimum Gasteiger partial charge on any atom is -0.391 e. The largest absolute Gasteiger partial charge is 0.391 e. The maximum absolute atomic E-state index is 12.5. The molecule has 1 fully saturated rings. The van der Waals surface area contributed by atoms with Crippen LogP contribution >= 0.6 is 0 Å². The summed E-state index contributed by atoms with van der Waals surface area (Å²) in [5.74, 6) is -0.282. The third-order valence-corrected chi connectivity index (χ3v) is 4.23. The Hall–Kier alpha value is -1.88. The predicted octanol–water partition coefficient (Wildman–Crippen LogP) is 2.09. The minimum absolute atomic E-state index is 0.0436. The van der Waals surface area contributed by atoms with E-state index in [0.717, 1.165) is 25.7 Å². The number of nitrogens with one attached hydrogen (secondary N) is 1. The molecule has 0 saturated heterocycles. The Balaban J connectivity index is 2.17. The van der Waals surface area contributed by atoms with E-state index in [1.54, 1.807) is 38.2 Å². The summed E-state index contributed by atoms with van der Waals surface area (Å²) < 4.78 is 0. The molecule has 0 aliphatic heterocycles. The van der Waals surface area contributed by atoms with Gasteiger partial charge in [-0.25, -0.2) is 0 Å². The van der Waals surface area contributed by atoms with Crippen molar-refractivity contribution >= 4 is 17.5 Å². The fourth-order valence-electron chi connectivity index (χ4n) is 2.86. The summed E-state index contributed by atoms with van der Waals surface area (Å²) in [6.45, 7) is 1.79. The van der Waals surface area contributed by atoms with Crippen molar-refractivity contribution in [2.24, 2.45) is 0 Å².